The smallest absolute Gasteiger partial charge is 0.199 e. The minimum Gasteiger partial charge on any atom is -0.199 e. The lowest BCUT2D eigenvalue weighted by molar-refractivity contribution is 0.596. The van der Waals surface area contributed by atoms with Gasteiger partial charge in [0.15, 0.2) is 4.50 Å². The number of rotatable bonds is 0. The van der Waals surface area contributed by atoms with E-state index in [1.165, 1.54) is 6.07 Å². The lowest BCUT2D eigenvalue weighted by atomic mass is 10.4. The summed E-state index contributed by atoms with van der Waals surface area (Å²) in [5.41, 5.74) is 0. The van der Waals surface area contributed by atoms with Gasteiger partial charge in [-0.05, 0) is 12.1 Å². The van der Waals surface area contributed by atoms with Crippen molar-refractivity contribution < 1.29 is 8.42 Å². The van der Waals surface area contributed by atoms with E-state index in [9.17, 15) is 8.42 Å². The average Bonchev–Trinajstić information content (AvgIpc) is 2.02. The Morgan fingerprint density at radius 2 is 2.00 bits per heavy atom. The number of benzene rings is 1. The summed E-state index contributed by atoms with van der Waals surface area (Å²) in [6.07, 6.45) is 0. The molecular formula is C7H4ClNO2S2. The van der Waals surface area contributed by atoms with Gasteiger partial charge in [0, 0.05) is 4.90 Å². The normalized spacial score (nSPS) is 19.0. The van der Waals surface area contributed by atoms with E-state index < -0.39 is 10.0 Å². The molecule has 0 unspecified atom stereocenters. The molecule has 1 aliphatic rings. The van der Waals surface area contributed by atoms with Gasteiger partial charge in [-0.1, -0.05) is 35.5 Å². The third-order valence-electron chi connectivity index (χ3n) is 1.51. The number of hydrogen-bond acceptors (Lipinski definition) is 3. The van der Waals surface area contributed by atoms with Gasteiger partial charge in [-0.25, -0.2) is 0 Å². The van der Waals surface area contributed by atoms with Gasteiger partial charge in [-0.15, -0.1) is 4.40 Å². The van der Waals surface area contributed by atoms with Crippen LogP contribution in [0.4, 0.5) is 0 Å². The maximum absolute atomic E-state index is 11.4. The Morgan fingerprint density at radius 3 is 2.77 bits per heavy atom. The summed E-state index contributed by atoms with van der Waals surface area (Å²) >= 11 is 6.71. The molecule has 0 amide bonds. The molecule has 6 heteroatoms. The van der Waals surface area contributed by atoms with Crippen molar-refractivity contribution in [2.24, 2.45) is 4.40 Å². The second-order valence-electron chi connectivity index (χ2n) is 2.37. The fourth-order valence-corrected chi connectivity index (χ4v) is 3.76. The van der Waals surface area contributed by atoms with Gasteiger partial charge in [0.25, 0.3) is 10.0 Å². The molecule has 0 saturated heterocycles. The standard InChI is InChI=1S/C7H4ClNO2S2/c8-7-9-13(10,11)6-4-2-1-3-5(6)12-7/h1-4H. The van der Waals surface area contributed by atoms with Crippen LogP contribution in [-0.2, 0) is 10.0 Å². The van der Waals surface area contributed by atoms with Crippen LogP contribution in [0.2, 0.25) is 0 Å². The second kappa shape index (κ2) is 3.01. The lowest BCUT2D eigenvalue weighted by Gasteiger charge is -2.10. The van der Waals surface area contributed by atoms with E-state index in [1.807, 2.05) is 0 Å². The van der Waals surface area contributed by atoms with Crippen molar-refractivity contribution in [1.82, 2.24) is 0 Å². The van der Waals surface area contributed by atoms with Crippen LogP contribution in [0.25, 0.3) is 0 Å². The first-order valence-electron chi connectivity index (χ1n) is 3.37. The molecule has 0 radical (unpaired) electrons. The summed E-state index contributed by atoms with van der Waals surface area (Å²) in [7, 11) is -3.56. The number of halogens is 1. The van der Waals surface area contributed by atoms with Crippen LogP contribution in [0.1, 0.15) is 0 Å². The van der Waals surface area contributed by atoms with Crippen molar-refractivity contribution in [3.05, 3.63) is 24.3 Å². The molecule has 0 saturated carbocycles. The predicted molar refractivity (Wildman–Crippen MR) is 52.8 cm³/mol. The summed E-state index contributed by atoms with van der Waals surface area (Å²) in [6, 6.07) is 6.64. The van der Waals surface area contributed by atoms with Crippen molar-refractivity contribution in [3.8, 4) is 0 Å². The van der Waals surface area contributed by atoms with Crippen LogP contribution < -0.4 is 0 Å². The van der Waals surface area contributed by atoms with Crippen LogP contribution in [0.15, 0.2) is 38.5 Å². The Balaban J connectivity index is 2.73. The van der Waals surface area contributed by atoms with Crippen LogP contribution in [-0.4, -0.2) is 12.9 Å². The van der Waals surface area contributed by atoms with E-state index >= 15 is 0 Å². The van der Waals surface area contributed by atoms with E-state index in [0.717, 1.165) is 11.8 Å². The van der Waals surface area contributed by atoms with Gasteiger partial charge in [0.05, 0.1) is 0 Å². The van der Waals surface area contributed by atoms with Gasteiger partial charge >= 0.3 is 0 Å². The summed E-state index contributed by atoms with van der Waals surface area (Å²) in [6.45, 7) is 0. The van der Waals surface area contributed by atoms with Crippen molar-refractivity contribution >= 4 is 37.9 Å². The summed E-state index contributed by atoms with van der Waals surface area (Å²) in [5, 5.41) is 0. The minimum atomic E-state index is -3.56. The number of sulfonamides is 1. The largest absolute Gasteiger partial charge is 0.285 e. The first-order valence-corrected chi connectivity index (χ1v) is 6.00. The average molecular weight is 234 g/mol. The summed E-state index contributed by atoms with van der Waals surface area (Å²) in [4.78, 5) is 0.854. The van der Waals surface area contributed by atoms with Crippen molar-refractivity contribution in [3.63, 3.8) is 0 Å². The summed E-state index contributed by atoms with van der Waals surface area (Å²) < 4.78 is 26.2. The van der Waals surface area contributed by atoms with Crippen LogP contribution in [0, 0.1) is 0 Å². The van der Waals surface area contributed by atoms with Gasteiger partial charge in [0.1, 0.15) is 4.90 Å². The molecule has 1 aromatic rings. The third kappa shape index (κ3) is 1.59. The topological polar surface area (TPSA) is 46.5 Å². The maximum Gasteiger partial charge on any atom is 0.285 e. The zero-order valence-electron chi connectivity index (χ0n) is 6.27. The Bertz CT molecular complexity index is 481. The van der Waals surface area contributed by atoms with Crippen LogP contribution in [0.5, 0.6) is 0 Å². The molecule has 1 aromatic carbocycles. The number of nitrogens with zero attached hydrogens (tertiary/aromatic N) is 1. The zero-order chi connectivity index (χ0) is 9.47. The lowest BCUT2D eigenvalue weighted by Crippen LogP contribution is -2.05. The van der Waals surface area contributed by atoms with Crippen LogP contribution >= 0.6 is 23.4 Å². The molecule has 68 valence electrons. The first-order chi connectivity index (χ1) is 6.09. The van der Waals surface area contributed by atoms with E-state index in [-0.39, 0.29) is 9.40 Å². The molecule has 0 fully saturated rings. The Kier molecular flexibility index (Phi) is 2.09. The minimum absolute atomic E-state index is 0.0405. The number of thioether (sulfide) groups is 1. The van der Waals surface area contributed by atoms with Gasteiger partial charge in [0.2, 0.25) is 0 Å². The highest BCUT2D eigenvalue weighted by molar-refractivity contribution is 8.18. The molecule has 3 nitrogen and oxygen atoms in total. The molecule has 0 aliphatic carbocycles. The molecule has 0 aromatic heterocycles. The Labute approximate surface area is 84.9 Å². The molecule has 0 atom stereocenters. The maximum atomic E-state index is 11.4. The highest BCUT2D eigenvalue weighted by Gasteiger charge is 2.23. The number of hydrogen-bond donors (Lipinski definition) is 0. The highest BCUT2D eigenvalue weighted by Crippen LogP contribution is 2.34. The molecule has 0 spiro atoms. The predicted octanol–water partition coefficient (Wildman–Crippen LogP) is 2.08. The van der Waals surface area contributed by atoms with E-state index in [4.69, 9.17) is 11.6 Å². The van der Waals surface area contributed by atoms with Gasteiger partial charge < -0.3 is 0 Å². The molecule has 13 heavy (non-hydrogen) atoms. The third-order valence-corrected chi connectivity index (χ3v) is 4.34. The molecular weight excluding hydrogens is 230 g/mol. The monoisotopic (exact) mass is 233 g/mol. The van der Waals surface area contributed by atoms with E-state index in [1.54, 1.807) is 18.2 Å². The molecule has 0 bridgehead atoms. The van der Waals surface area contributed by atoms with Gasteiger partial charge in [-0.2, -0.15) is 8.42 Å². The van der Waals surface area contributed by atoms with E-state index in [2.05, 4.69) is 4.40 Å². The van der Waals surface area contributed by atoms with Crippen LogP contribution in [0.3, 0.4) is 0 Å². The Morgan fingerprint density at radius 1 is 1.31 bits per heavy atom. The quantitative estimate of drug-likeness (QED) is 0.689. The Hall–Kier alpha value is -0.520. The first kappa shape index (κ1) is 9.05. The van der Waals surface area contributed by atoms with Gasteiger partial charge in [-0.3, -0.25) is 0 Å². The van der Waals surface area contributed by atoms with Crippen molar-refractivity contribution in [2.75, 3.05) is 0 Å². The second-order valence-corrected chi connectivity index (χ2v) is 5.55. The van der Waals surface area contributed by atoms with E-state index in [0.29, 0.717) is 4.90 Å². The van der Waals surface area contributed by atoms with Crippen molar-refractivity contribution in [2.45, 2.75) is 9.79 Å². The summed E-state index contributed by atoms with van der Waals surface area (Å²) in [5.74, 6) is 0. The van der Waals surface area contributed by atoms with Crippen molar-refractivity contribution in [1.29, 1.82) is 0 Å². The number of fused-ring (bicyclic) bond motifs is 1. The fraction of sp³-hybridized carbons (Fsp3) is 0. The molecule has 2 rings (SSSR count). The molecule has 1 heterocycles. The molecule has 1 aliphatic heterocycles. The zero-order valence-corrected chi connectivity index (χ0v) is 8.66. The SMILES string of the molecule is O=S1(=O)N=C(Cl)Sc2ccccc21. The fourth-order valence-electron chi connectivity index (χ4n) is 1.00. The molecule has 0 N–H and O–H groups in total. The highest BCUT2D eigenvalue weighted by atomic mass is 35.5.